The molecule has 0 saturated carbocycles. The van der Waals surface area contributed by atoms with Crippen LogP contribution < -0.4 is 0 Å². The molecule has 0 spiro atoms. The molecule has 0 amide bonds. The molecule has 1 radical (unpaired) electrons. The van der Waals surface area contributed by atoms with Crippen LogP contribution in [0.4, 0.5) is 0 Å². The monoisotopic (exact) mass is 185 g/mol. The molecule has 0 aromatic heterocycles. The lowest BCUT2D eigenvalue weighted by atomic mass is 10.1. The fraction of sp³-hybridized carbons (Fsp3) is 0.917. The van der Waals surface area contributed by atoms with Gasteiger partial charge in [-0.15, -0.1) is 0 Å². The zero-order valence-corrected chi connectivity index (χ0v) is 9.31. The van der Waals surface area contributed by atoms with Crippen LogP contribution in [-0.2, 0) is 0 Å². The molecule has 0 heterocycles. The molecule has 0 rings (SSSR count). The molecule has 0 bridgehead atoms. The van der Waals surface area contributed by atoms with E-state index < -0.39 is 0 Å². The highest BCUT2D eigenvalue weighted by Gasteiger charge is 1.96. The van der Waals surface area contributed by atoms with Crippen molar-refractivity contribution in [1.29, 1.82) is 0 Å². The van der Waals surface area contributed by atoms with Gasteiger partial charge in [0.05, 0.1) is 6.10 Å². The first-order valence-electron chi connectivity index (χ1n) is 5.78. The van der Waals surface area contributed by atoms with Crippen LogP contribution in [0.2, 0.25) is 0 Å². The number of rotatable bonds is 9. The maximum absolute atomic E-state index is 8.94. The number of hydrogen-bond donors (Lipinski definition) is 1. The molecular weight excluding hydrogens is 160 g/mol. The second kappa shape index (κ2) is 10.0. The first-order valence-corrected chi connectivity index (χ1v) is 5.78. The van der Waals surface area contributed by atoms with E-state index >= 15 is 0 Å². The van der Waals surface area contributed by atoms with Gasteiger partial charge >= 0.3 is 0 Å². The minimum Gasteiger partial charge on any atom is -0.387 e. The summed E-state index contributed by atoms with van der Waals surface area (Å²) in [7, 11) is 0. The molecule has 0 aromatic carbocycles. The highest BCUT2D eigenvalue weighted by atomic mass is 16.3. The van der Waals surface area contributed by atoms with Gasteiger partial charge in [-0.25, -0.2) is 0 Å². The van der Waals surface area contributed by atoms with Gasteiger partial charge in [-0.3, -0.25) is 0 Å². The van der Waals surface area contributed by atoms with E-state index in [4.69, 9.17) is 5.11 Å². The van der Waals surface area contributed by atoms with Gasteiger partial charge in [-0.1, -0.05) is 58.3 Å². The first-order chi connectivity index (χ1) is 6.27. The van der Waals surface area contributed by atoms with Crippen molar-refractivity contribution in [3.8, 4) is 0 Å². The molecule has 1 N–H and O–H groups in total. The molecular formula is C12H25O. The third-order valence-corrected chi connectivity index (χ3v) is 2.39. The second-order valence-corrected chi connectivity index (χ2v) is 3.96. The van der Waals surface area contributed by atoms with Gasteiger partial charge in [0.1, 0.15) is 0 Å². The molecule has 13 heavy (non-hydrogen) atoms. The number of aliphatic hydroxyl groups excluding tert-OH is 1. The Kier molecular flexibility index (Phi) is 10.0. The van der Waals surface area contributed by atoms with E-state index in [0.29, 0.717) is 6.10 Å². The van der Waals surface area contributed by atoms with Gasteiger partial charge in [-0.05, 0) is 13.3 Å². The molecule has 1 heteroatoms. The molecule has 0 atom stereocenters. The minimum absolute atomic E-state index is 0.589. The minimum atomic E-state index is 0.589. The highest BCUT2D eigenvalue weighted by Crippen LogP contribution is 2.12. The van der Waals surface area contributed by atoms with E-state index in [1.807, 2.05) is 0 Å². The molecule has 0 aliphatic heterocycles. The second-order valence-electron chi connectivity index (χ2n) is 3.96. The number of hydrogen-bond acceptors (Lipinski definition) is 1. The summed E-state index contributed by atoms with van der Waals surface area (Å²) in [6.07, 6.45) is 12.2. The van der Waals surface area contributed by atoms with E-state index in [0.717, 1.165) is 12.8 Å². The summed E-state index contributed by atoms with van der Waals surface area (Å²) in [5.74, 6) is 0. The third-order valence-electron chi connectivity index (χ3n) is 2.39. The summed E-state index contributed by atoms with van der Waals surface area (Å²) in [6, 6.07) is 0. The zero-order valence-electron chi connectivity index (χ0n) is 9.31. The molecule has 0 fully saturated rings. The van der Waals surface area contributed by atoms with E-state index in [9.17, 15) is 0 Å². The molecule has 79 valence electrons. The van der Waals surface area contributed by atoms with Crippen molar-refractivity contribution in [3.05, 3.63) is 6.10 Å². The molecule has 0 aliphatic rings. The van der Waals surface area contributed by atoms with Crippen LogP contribution in [-0.4, -0.2) is 5.11 Å². The molecule has 0 saturated heterocycles. The summed E-state index contributed by atoms with van der Waals surface area (Å²) < 4.78 is 0. The summed E-state index contributed by atoms with van der Waals surface area (Å²) in [5, 5.41) is 8.94. The Morgan fingerprint density at radius 2 is 1.31 bits per heavy atom. The van der Waals surface area contributed by atoms with Gasteiger partial charge in [0.25, 0.3) is 0 Å². The van der Waals surface area contributed by atoms with Gasteiger partial charge in [0.2, 0.25) is 0 Å². The van der Waals surface area contributed by atoms with E-state index in [2.05, 4.69) is 6.92 Å². The van der Waals surface area contributed by atoms with Gasteiger partial charge < -0.3 is 5.11 Å². The van der Waals surface area contributed by atoms with Gasteiger partial charge in [-0.2, -0.15) is 0 Å². The van der Waals surface area contributed by atoms with E-state index in [1.54, 1.807) is 6.92 Å². The fourth-order valence-corrected chi connectivity index (χ4v) is 1.51. The SMILES string of the molecule is CCCCCCCCCC[C](C)O. The highest BCUT2D eigenvalue weighted by molar-refractivity contribution is 4.66. The Balaban J connectivity index is 2.84. The van der Waals surface area contributed by atoms with Crippen molar-refractivity contribution in [2.45, 2.75) is 71.6 Å². The molecule has 1 nitrogen and oxygen atoms in total. The summed E-state index contributed by atoms with van der Waals surface area (Å²) in [5.41, 5.74) is 0. The van der Waals surface area contributed by atoms with Crippen LogP contribution in [0.1, 0.15) is 71.6 Å². The van der Waals surface area contributed by atoms with Crippen LogP contribution >= 0.6 is 0 Å². The van der Waals surface area contributed by atoms with Gasteiger partial charge in [0.15, 0.2) is 0 Å². The molecule has 0 aliphatic carbocycles. The normalized spacial score (nSPS) is 11.1. The summed E-state index contributed by atoms with van der Waals surface area (Å²) in [4.78, 5) is 0. The maximum Gasteiger partial charge on any atom is 0.0902 e. The maximum atomic E-state index is 8.94. The number of unbranched alkanes of at least 4 members (excludes halogenated alkanes) is 7. The van der Waals surface area contributed by atoms with Crippen LogP contribution in [0.25, 0.3) is 0 Å². The molecule has 0 unspecified atom stereocenters. The Labute approximate surface area is 83.5 Å². The van der Waals surface area contributed by atoms with Crippen LogP contribution in [0.3, 0.4) is 0 Å². The lowest BCUT2D eigenvalue weighted by Crippen LogP contribution is -1.88. The van der Waals surface area contributed by atoms with Crippen molar-refractivity contribution in [1.82, 2.24) is 0 Å². The van der Waals surface area contributed by atoms with Crippen molar-refractivity contribution in [2.75, 3.05) is 0 Å². The third kappa shape index (κ3) is 12.0. The zero-order chi connectivity index (χ0) is 9.94. The van der Waals surface area contributed by atoms with E-state index in [-0.39, 0.29) is 0 Å². The van der Waals surface area contributed by atoms with Gasteiger partial charge in [0, 0.05) is 0 Å². The van der Waals surface area contributed by atoms with E-state index in [1.165, 1.54) is 44.9 Å². The van der Waals surface area contributed by atoms with Crippen LogP contribution in [0, 0.1) is 6.10 Å². The summed E-state index contributed by atoms with van der Waals surface area (Å²) in [6.45, 7) is 4.04. The standard InChI is InChI=1S/C12H25O/c1-3-4-5-6-7-8-9-10-11-12(2)13/h13H,3-11H2,1-2H3. The Morgan fingerprint density at radius 1 is 0.846 bits per heavy atom. The Hall–Kier alpha value is -0.0400. The van der Waals surface area contributed by atoms with Crippen molar-refractivity contribution < 1.29 is 5.11 Å². The van der Waals surface area contributed by atoms with Crippen molar-refractivity contribution in [3.63, 3.8) is 0 Å². The summed E-state index contributed by atoms with van der Waals surface area (Å²) >= 11 is 0. The van der Waals surface area contributed by atoms with Crippen LogP contribution in [0.5, 0.6) is 0 Å². The quantitative estimate of drug-likeness (QED) is 0.526. The fourth-order valence-electron chi connectivity index (χ4n) is 1.51. The first kappa shape index (κ1) is 13.0. The average molecular weight is 185 g/mol. The lowest BCUT2D eigenvalue weighted by molar-refractivity contribution is 0.290. The Bertz CT molecular complexity index is 89.1. The van der Waals surface area contributed by atoms with Crippen LogP contribution in [0.15, 0.2) is 0 Å². The number of aliphatic hydroxyl groups is 1. The largest absolute Gasteiger partial charge is 0.387 e. The molecule has 0 aromatic rings. The smallest absolute Gasteiger partial charge is 0.0902 e. The van der Waals surface area contributed by atoms with Crippen molar-refractivity contribution in [2.24, 2.45) is 0 Å². The predicted molar refractivity (Wildman–Crippen MR) is 58.1 cm³/mol. The predicted octanol–water partition coefficient (Wildman–Crippen LogP) is 4.44. The van der Waals surface area contributed by atoms with Crippen molar-refractivity contribution >= 4 is 0 Å². The lowest BCUT2D eigenvalue weighted by Gasteiger charge is -2.02. The average Bonchev–Trinajstić information content (AvgIpc) is 2.09. The topological polar surface area (TPSA) is 20.2 Å². The Morgan fingerprint density at radius 3 is 1.77 bits per heavy atom.